The molecule has 0 aliphatic rings. The van der Waals surface area contributed by atoms with Crippen LogP contribution in [0.2, 0.25) is 5.02 Å². The number of furan rings is 1. The van der Waals surface area contributed by atoms with Gasteiger partial charge in [-0.25, -0.2) is 9.59 Å². The fraction of sp³-hybridized carbons (Fsp3) is 0.194. The van der Waals surface area contributed by atoms with Gasteiger partial charge in [-0.2, -0.15) is 0 Å². The Morgan fingerprint density at radius 3 is 2.33 bits per heavy atom. The van der Waals surface area contributed by atoms with Gasteiger partial charge in [0.1, 0.15) is 23.0 Å². The van der Waals surface area contributed by atoms with Crippen LogP contribution in [0, 0.1) is 13.8 Å². The Kier molecular flexibility index (Phi) is 7.26. The number of hydrogen-bond acceptors (Lipinski definition) is 5. The van der Waals surface area contributed by atoms with E-state index in [1.807, 2.05) is 50.2 Å². The number of carboxylic acid groups (broad SMARTS) is 1. The van der Waals surface area contributed by atoms with Crippen LogP contribution in [0.15, 0.2) is 80.4 Å². The van der Waals surface area contributed by atoms with Gasteiger partial charge in [-0.1, -0.05) is 54.1 Å². The smallest absolute Gasteiger partial charge is 0.339 e. The molecule has 1 atom stereocenters. The van der Waals surface area contributed by atoms with Crippen LogP contribution < -0.4 is 10.9 Å². The quantitative estimate of drug-likeness (QED) is 0.225. The second-order valence-corrected chi connectivity index (χ2v) is 9.96. The highest BCUT2D eigenvalue weighted by molar-refractivity contribution is 6.30. The van der Waals surface area contributed by atoms with E-state index in [1.165, 1.54) is 0 Å². The Labute approximate surface area is 229 Å². The highest BCUT2D eigenvalue weighted by Gasteiger charge is 2.22. The molecule has 0 radical (unpaired) electrons. The highest BCUT2D eigenvalue weighted by atomic mass is 35.5. The molecular formula is C31H26ClNO6. The van der Waals surface area contributed by atoms with Crippen LogP contribution in [-0.2, 0) is 22.4 Å². The average molecular weight is 544 g/mol. The first-order valence-corrected chi connectivity index (χ1v) is 12.9. The van der Waals surface area contributed by atoms with E-state index in [9.17, 15) is 19.5 Å². The molecule has 2 aromatic heterocycles. The van der Waals surface area contributed by atoms with E-state index in [-0.39, 0.29) is 19.3 Å². The van der Waals surface area contributed by atoms with Gasteiger partial charge in [0, 0.05) is 45.8 Å². The maximum absolute atomic E-state index is 12.9. The number of rotatable bonds is 8. The molecule has 1 unspecified atom stereocenters. The lowest BCUT2D eigenvalue weighted by atomic mass is 9.98. The zero-order chi connectivity index (χ0) is 27.7. The van der Waals surface area contributed by atoms with Crippen LogP contribution in [0.25, 0.3) is 33.1 Å². The number of aryl methyl sites for hydroxylation is 2. The first-order valence-electron chi connectivity index (χ1n) is 12.5. The number of carbonyl (C=O) groups excluding carboxylic acids is 1. The number of carboxylic acids is 1. The zero-order valence-corrected chi connectivity index (χ0v) is 22.2. The normalized spacial score (nSPS) is 12.1. The molecule has 0 aliphatic heterocycles. The van der Waals surface area contributed by atoms with E-state index in [2.05, 4.69) is 5.32 Å². The minimum Gasteiger partial charge on any atom is -0.480 e. The lowest BCUT2D eigenvalue weighted by Crippen LogP contribution is -2.42. The molecule has 2 N–H and O–H groups in total. The van der Waals surface area contributed by atoms with Crippen LogP contribution in [0.5, 0.6) is 0 Å². The van der Waals surface area contributed by atoms with Crippen molar-refractivity contribution >= 4 is 45.4 Å². The van der Waals surface area contributed by atoms with E-state index in [0.29, 0.717) is 27.3 Å². The molecule has 0 saturated carbocycles. The number of carbonyl (C=O) groups is 2. The molecule has 0 aliphatic carbocycles. The molecule has 39 heavy (non-hydrogen) atoms. The molecule has 7 nitrogen and oxygen atoms in total. The maximum Gasteiger partial charge on any atom is 0.339 e. The third kappa shape index (κ3) is 5.45. The number of hydrogen-bond donors (Lipinski definition) is 2. The summed E-state index contributed by atoms with van der Waals surface area (Å²) in [7, 11) is 0. The van der Waals surface area contributed by atoms with Crippen molar-refractivity contribution < 1.29 is 23.5 Å². The summed E-state index contributed by atoms with van der Waals surface area (Å²) in [5, 5.41) is 14.4. The number of aliphatic carboxylic acids is 1. The molecule has 0 spiro atoms. The van der Waals surface area contributed by atoms with E-state index in [4.69, 9.17) is 20.4 Å². The largest absolute Gasteiger partial charge is 0.480 e. The monoisotopic (exact) mass is 543 g/mol. The van der Waals surface area contributed by atoms with Crippen molar-refractivity contribution in [3.05, 3.63) is 105 Å². The summed E-state index contributed by atoms with van der Waals surface area (Å²) < 4.78 is 11.6. The fourth-order valence-electron chi connectivity index (χ4n) is 4.92. The minimum atomic E-state index is -1.15. The Bertz CT molecular complexity index is 1750. The summed E-state index contributed by atoms with van der Waals surface area (Å²) in [5.41, 5.74) is 4.30. The van der Waals surface area contributed by atoms with Crippen molar-refractivity contribution in [1.82, 2.24) is 5.32 Å². The summed E-state index contributed by atoms with van der Waals surface area (Å²) in [5.74, 6) is -0.856. The second-order valence-electron chi connectivity index (χ2n) is 9.53. The van der Waals surface area contributed by atoms with Crippen molar-refractivity contribution in [2.75, 3.05) is 0 Å². The van der Waals surface area contributed by atoms with Gasteiger partial charge in [-0.3, -0.25) is 4.79 Å². The van der Waals surface area contributed by atoms with Gasteiger partial charge in [0.25, 0.3) is 0 Å². The second kappa shape index (κ2) is 10.8. The van der Waals surface area contributed by atoms with Crippen LogP contribution >= 0.6 is 11.6 Å². The number of nitrogens with one attached hydrogen (secondary N) is 1. The third-order valence-electron chi connectivity index (χ3n) is 6.92. The van der Waals surface area contributed by atoms with Gasteiger partial charge in [0.2, 0.25) is 5.91 Å². The van der Waals surface area contributed by atoms with Gasteiger partial charge >= 0.3 is 11.6 Å². The summed E-state index contributed by atoms with van der Waals surface area (Å²) in [6, 6.07) is 19.3. The zero-order valence-electron chi connectivity index (χ0n) is 21.4. The first kappa shape index (κ1) is 26.3. The van der Waals surface area contributed by atoms with Crippen LogP contribution in [-0.4, -0.2) is 23.0 Å². The molecule has 5 aromatic rings. The molecule has 198 valence electrons. The van der Waals surface area contributed by atoms with E-state index >= 15 is 0 Å². The van der Waals surface area contributed by atoms with Gasteiger partial charge in [0.15, 0.2) is 0 Å². The van der Waals surface area contributed by atoms with Gasteiger partial charge in [-0.15, -0.1) is 0 Å². The van der Waals surface area contributed by atoms with Crippen molar-refractivity contribution in [1.29, 1.82) is 0 Å². The van der Waals surface area contributed by atoms with E-state index < -0.39 is 23.5 Å². The minimum absolute atomic E-state index is 0.0656. The van der Waals surface area contributed by atoms with Crippen molar-refractivity contribution in [3.8, 4) is 11.1 Å². The molecule has 0 fully saturated rings. The van der Waals surface area contributed by atoms with Crippen molar-refractivity contribution in [2.45, 2.75) is 39.2 Å². The van der Waals surface area contributed by atoms with Crippen LogP contribution in [0.4, 0.5) is 0 Å². The Hall–Kier alpha value is -4.36. The maximum atomic E-state index is 12.9. The molecular weight excluding hydrogens is 518 g/mol. The lowest BCUT2D eigenvalue weighted by molar-refractivity contribution is -0.141. The number of amides is 1. The fourth-order valence-corrected chi connectivity index (χ4v) is 5.04. The molecule has 8 heteroatoms. The summed E-state index contributed by atoms with van der Waals surface area (Å²) in [6.45, 7) is 3.73. The number of halogens is 1. The van der Waals surface area contributed by atoms with Crippen molar-refractivity contribution in [2.24, 2.45) is 0 Å². The summed E-state index contributed by atoms with van der Waals surface area (Å²) >= 11 is 5.90. The predicted molar refractivity (Wildman–Crippen MR) is 150 cm³/mol. The SMILES string of the molecule is Cc1oc2cc3oc(=O)c(CCC(=O)NC(Cc4ccc(Cl)cc4)C(=O)O)c(C)c3cc2c1-c1ccccc1. The van der Waals surface area contributed by atoms with Crippen LogP contribution in [0.1, 0.15) is 28.9 Å². The third-order valence-corrected chi connectivity index (χ3v) is 7.17. The number of benzene rings is 3. The molecule has 1 amide bonds. The molecule has 3 aromatic carbocycles. The van der Waals surface area contributed by atoms with E-state index in [1.54, 1.807) is 30.3 Å². The van der Waals surface area contributed by atoms with Crippen LogP contribution in [0.3, 0.4) is 0 Å². The molecule has 0 bridgehead atoms. The van der Waals surface area contributed by atoms with Gasteiger partial charge in [0.05, 0.1) is 0 Å². The highest BCUT2D eigenvalue weighted by Crippen LogP contribution is 2.37. The molecule has 0 saturated heterocycles. The van der Waals surface area contributed by atoms with Gasteiger partial charge < -0.3 is 19.3 Å². The van der Waals surface area contributed by atoms with E-state index in [0.717, 1.165) is 33.2 Å². The Morgan fingerprint density at radius 2 is 1.64 bits per heavy atom. The standard InChI is InChI=1S/C31H26ClNO6/c1-17-22(12-13-28(34)33-25(30(35)36)14-19-8-10-21(32)11-9-19)31(37)39-26-16-27-24(15-23(17)26)29(18(2)38-27)20-6-4-3-5-7-20/h3-11,15-16,25H,12-14H2,1-2H3,(H,33,34)(H,35,36). The number of fused-ring (bicyclic) bond motifs is 2. The predicted octanol–water partition coefficient (Wildman–Crippen LogP) is 6.22. The first-order chi connectivity index (χ1) is 18.7. The van der Waals surface area contributed by atoms with Gasteiger partial charge in [-0.05, 0) is 55.2 Å². The Balaban J connectivity index is 1.40. The lowest BCUT2D eigenvalue weighted by Gasteiger charge is -2.15. The Morgan fingerprint density at radius 1 is 0.949 bits per heavy atom. The average Bonchev–Trinajstić information content (AvgIpc) is 3.23. The summed E-state index contributed by atoms with van der Waals surface area (Å²) in [4.78, 5) is 37.3. The van der Waals surface area contributed by atoms with Crippen molar-refractivity contribution in [3.63, 3.8) is 0 Å². The topological polar surface area (TPSA) is 110 Å². The molecule has 2 heterocycles. The molecule has 5 rings (SSSR count). The summed E-state index contributed by atoms with van der Waals surface area (Å²) in [6.07, 6.45) is 0.153.